The highest BCUT2D eigenvalue weighted by Gasteiger charge is 2.09. The van der Waals surface area contributed by atoms with Crippen molar-refractivity contribution in [3.8, 4) is 11.5 Å². The molecule has 0 saturated heterocycles. The second kappa shape index (κ2) is 6.12. The summed E-state index contributed by atoms with van der Waals surface area (Å²) in [7, 11) is 1.65. The van der Waals surface area contributed by atoms with E-state index in [0.717, 1.165) is 39.4 Å². The number of aliphatic hydroxyl groups excluding tert-OH is 1. The van der Waals surface area contributed by atoms with Gasteiger partial charge in [0.2, 0.25) is 0 Å². The van der Waals surface area contributed by atoms with Crippen molar-refractivity contribution < 1.29 is 19.0 Å². The van der Waals surface area contributed by atoms with Gasteiger partial charge in [0.25, 0.3) is 0 Å². The van der Waals surface area contributed by atoms with Gasteiger partial charge in [0.05, 0.1) is 13.7 Å². The minimum absolute atomic E-state index is 0.0327. The standard InChI is InChI=1S/C18H18O4/c1-12-7-16(20-2)8-14-9-17(22-18(12)14)11-21-15-5-3-13(10-19)4-6-15/h3-9,19H,10-11H2,1-2H3. The van der Waals surface area contributed by atoms with Crippen LogP contribution in [0.15, 0.2) is 46.9 Å². The molecule has 0 aliphatic heterocycles. The SMILES string of the molecule is COc1cc(C)c2oc(COc3ccc(CO)cc3)cc2c1. The summed E-state index contributed by atoms with van der Waals surface area (Å²) in [5, 5.41) is 10.0. The Morgan fingerprint density at radius 1 is 1.05 bits per heavy atom. The number of furan rings is 1. The van der Waals surface area contributed by atoms with Gasteiger partial charge >= 0.3 is 0 Å². The van der Waals surface area contributed by atoms with Crippen LogP contribution in [0.4, 0.5) is 0 Å². The molecule has 4 heteroatoms. The molecule has 22 heavy (non-hydrogen) atoms. The summed E-state index contributed by atoms with van der Waals surface area (Å²) in [6.07, 6.45) is 0. The first kappa shape index (κ1) is 14.5. The zero-order valence-corrected chi connectivity index (χ0v) is 12.6. The number of rotatable bonds is 5. The molecular formula is C18H18O4. The van der Waals surface area contributed by atoms with E-state index in [2.05, 4.69) is 0 Å². The van der Waals surface area contributed by atoms with E-state index < -0.39 is 0 Å². The number of fused-ring (bicyclic) bond motifs is 1. The molecule has 0 amide bonds. The third kappa shape index (κ3) is 2.92. The average molecular weight is 298 g/mol. The van der Waals surface area contributed by atoms with E-state index in [1.165, 1.54) is 0 Å². The van der Waals surface area contributed by atoms with Gasteiger partial charge in [-0.3, -0.25) is 0 Å². The summed E-state index contributed by atoms with van der Waals surface area (Å²) < 4.78 is 16.8. The van der Waals surface area contributed by atoms with Crippen molar-refractivity contribution >= 4 is 11.0 Å². The molecule has 1 aromatic heterocycles. The predicted molar refractivity (Wildman–Crippen MR) is 84.2 cm³/mol. The van der Waals surface area contributed by atoms with E-state index in [1.54, 1.807) is 7.11 Å². The normalized spacial score (nSPS) is 10.9. The molecule has 0 fully saturated rings. The fraction of sp³-hybridized carbons (Fsp3) is 0.222. The van der Waals surface area contributed by atoms with Gasteiger partial charge in [0.15, 0.2) is 0 Å². The van der Waals surface area contributed by atoms with E-state index in [4.69, 9.17) is 19.0 Å². The topological polar surface area (TPSA) is 51.8 Å². The Kier molecular flexibility index (Phi) is 4.02. The Bertz CT molecular complexity index is 772. The lowest BCUT2D eigenvalue weighted by Crippen LogP contribution is -1.93. The fourth-order valence-electron chi connectivity index (χ4n) is 2.38. The number of ether oxygens (including phenoxy) is 2. The van der Waals surface area contributed by atoms with Crippen molar-refractivity contribution in [1.82, 2.24) is 0 Å². The van der Waals surface area contributed by atoms with Crippen LogP contribution in [0, 0.1) is 6.92 Å². The van der Waals surface area contributed by atoms with Crippen LogP contribution in [0.5, 0.6) is 11.5 Å². The van der Waals surface area contributed by atoms with Gasteiger partial charge in [-0.15, -0.1) is 0 Å². The summed E-state index contributed by atoms with van der Waals surface area (Å²) in [6, 6.07) is 13.2. The number of hydrogen-bond acceptors (Lipinski definition) is 4. The van der Waals surface area contributed by atoms with Crippen LogP contribution in [0.1, 0.15) is 16.9 Å². The molecule has 0 spiro atoms. The number of aliphatic hydroxyl groups is 1. The maximum absolute atomic E-state index is 9.02. The molecule has 0 saturated carbocycles. The lowest BCUT2D eigenvalue weighted by molar-refractivity contribution is 0.272. The Hall–Kier alpha value is -2.46. The van der Waals surface area contributed by atoms with Gasteiger partial charge in [0, 0.05) is 5.39 Å². The van der Waals surface area contributed by atoms with Gasteiger partial charge in [-0.2, -0.15) is 0 Å². The number of benzene rings is 2. The van der Waals surface area contributed by atoms with E-state index in [9.17, 15) is 0 Å². The molecule has 0 aliphatic carbocycles. The summed E-state index contributed by atoms with van der Waals surface area (Å²) in [6.45, 7) is 2.38. The third-order valence-electron chi connectivity index (χ3n) is 3.55. The van der Waals surface area contributed by atoms with Crippen molar-refractivity contribution in [1.29, 1.82) is 0 Å². The van der Waals surface area contributed by atoms with Gasteiger partial charge in [0.1, 0.15) is 29.4 Å². The van der Waals surface area contributed by atoms with Crippen LogP contribution in [-0.2, 0) is 13.2 Å². The van der Waals surface area contributed by atoms with Crippen LogP contribution in [0.25, 0.3) is 11.0 Å². The third-order valence-corrected chi connectivity index (χ3v) is 3.55. The van der Waals surface area contributed by atoms with Crippen LogP contribution in [0.2, 0.25) is 0 Å². The first-order valence-corrected chi connectivity index (χ1v) is 7.09. The summed E-state index contributed by atoms with van der Waals surface area (Å²) in [4.78, 5) is 0. The fourth-order valence-corrected chi connectivity index (χ4v) is 2.38. The van der Waals surface area contributed by atoms with Gasteiger partial charge in [-0.05, 0) is 48.4 Å². The highest BCUT2D eigenvalue weighted by atomic mass is 16.5. The molecule has 4 nitrogen and oxygen atoms in total. The van der Waals surface area contributed by atoms with Crippen molar-refractivity contribution in [2.75, 3.05) is 7.11 Å². The molecule has 0 radical (unpaired) electrons. The van der Waals surface area contributed by atoms with Crippen molar-refractivity contribution in [3.63, 3.8) is 0 Å². The Morgan fingerprint density at radius 2 is 1.82 bits per heavy atom. The highest BCUT2D eigenvalue weighted by molar-refractivity contribution is 5.82. The van der Waals surface area contributed by atoms with E-state index in [1.807, 2.05) is 49.4 Å². The zero-order valence-electron chi connectivity index (χ0n) is 12.6. The number of methoxy groups -OCH3 is 1. The maximum Gasteiger partial charge on any atom is 0.146 e. The van der Waals surface area contributed by atoms with E-state index in [-0.39, 0.29) is 6.61 Å². The molecule has 0 bridgehead atoms. The zero-order chi connectivity index (χ0) is 15.5. The van der Waals surface area contributed by atoms with Crippen LogP contribution in [-0.4, -0.2) is 12.2 Å². The Labute approximate surface area is 128 Å². The molecule has 0 aliphatic rings. The smallest absolute Gasteiger partial charge is 0.146 e. The van der Waals surface area contributed by atoms with E-state index >= 15 is 0 Å². The molecule has 3 rings (SSSR count). The first-order chi connectivity index (χ1) is 10.7. The minimum atomic E-state index is 0.0327. The Morgan fingerprint density at radius 3 is 2.50 bits per heavy atom. The summed E-state index contributed by atoms with van der Waals surface area (Å²) in [5.41, 5.74) is 2.75. The summed E-state index contributed by atoms with van der Waals surface area (Å²) in [5.74, 6) is 2.32. The second-order valence-corrected chi connectivity index (χ2v) is 5.17. The number of hydrogen-bond donors (Lipinski definition) is 1. The molecular weight excluding hydrogens is 280 g/mol. The molecule has 0 atom stereocenters. The summed E-state index contributed by atoms with van der Waals surface area (Å²) >= 11 is 0. The first-order valence-electron chi connectivity index (χ1n) is 7.09. The van der Waals surface area contributed by atoms with E-state index in [0.29, 0.717) is 6.61 Å². The average Bonchev–Trinajstić information content (AvgIpc) is 2.97. The quantitative estimate of drug-likeness (QED) is 0.778. The monoisotopic (exact) mass is 298 g/mol. The van der Waals surface area contributed by atoms with Gasteiger partial charge in [-0.25, -0.2) is 0 Å². The second-order valence-electron chi connectivity index (χ2n) is 5.17. The lowest BCUT2D eigenvalue weighted by atomic mass is 10.1. The number of aryl methyl sites for hydroxylation is 1. The molecule has 114 valence electrons. The highest BCUT2D eigenvalue weighted by Crippen LogP contribution is 2.28. The van der Waals surface area contributed by atoms with Crippen LogP contribution < -0.4 is 9.47 Å². The molecule has 3 aromatic rings. The molecule has 2 aromatic carbocycles. The molecule has 1 heterocycles. The molecule has 1 N–H and O–H groups in total. The minimum Gasteiger partial charge on any atom is -0.497 e. The Balaban J connectivity index is 1.77. The largest absolute Gasteiger partial charge is 0.497 e. The predicted octanol–water partition coefficient (Wildman–Crippen LogP) is 3.82. The lowest BCUT2D eigenvalue weighted by Gasteiger charge is -2.04. The van der Waals surface area contributed by atoms with Crippen LogP contribution in [0.3, 0.4) is 0 Å². The van der Waals surface area contributed by atoms with Crippen molar-refractivity contribution in [3.05, 3.63) is 59.4 Å². The van der Waals surface area contributed by atoms with Gasteiger partial charge < -0.3 is 19.0 Å². The van der Waals surface area contributed by atoms with Gasteiger partial charge in [-0.1, -0.05) is 12.1 Å². The molecule has 0 unspecified atom stereocenters. The van der Waals surface area contributed by atoms with Crippen molar-refractivity contribution in [2.45, 2.75) is 20.1 Å². The van der Waals surface area contributed by atoms with Crippen molar-refractivity contribution in [2.24, 2.45) is 0 Å². The maximum atomic E-state index is 9.02. The van der Waals surface area contributed by atoms with Crippen LogP contribution >= 0.6 is 0 Å².